The Morgan fingerprint density at radius 3 is 2.68 bits per heavy atom. The van der Waals surface area contributed by atoms with Gasteiger partial charge in [0, 0.05) is 15.9 Å². The number of nitrogens with one attached hydrogen (secondary N) is 2. The average molecular weight is 574 g/mol. The maximum Gasteiger partial charge on any atom is 0.255 e. The van der Waals surface area contributed by atoms with E-state index in [1.807, 2.05) is 81.4 Å². The summed E-state index contributed by atoms with van der Waals surface area (Å²) in [6.07, 6.45) is 1.47. The lowest BCUT2D eigenvalue weighted by atomic mass is 9.94. The van der Waals surface area contributed by atoms with Crippen LogP contribution in [0, 0.1) is 13.8 Å². The van der Waals surface area contributed by atoms with Crippen LogP contribution < -0.4 is 20.1 Å². The molecule has 2 N–H and O–H groups in total. The van der Waals surface area contributed by atoms with Gasteiger partial charge in [-0.05, 0) is 73.4 Å². The van der Waals surface area contributed by atoms with Gasteiger partial charge in [-0.2, -0.15) is 10.1 Å². The first-order chi connectivity index (χ1) is 18.4. The van der Waals surface area contributed by atoms with E-state index >= 15 is 0 Å². The number of rotatable bonds is 7. The molecule has 38 heavy (non-hydrogen) atoms. The molecule has 4 aromatic rings. The second-order valence-electron chi connectivity index (χ2n) is 9.12. The number of carbonyl (C=O) groups excluding carboxylic acids is 1. The number of halogens is 1. The number of benzene rings is 3. The SMILES string of the molecule is COc1cc(C2C(C(=O)Nc3cccc(C)c3C)=C(C)Nc3ncnn32)ccc1OCc1cccc(Br)c1. The summed E-state index contributed by atoms with van der Waals surface area (Å²) >= 11 is 3.49. The molecule has 0 fully saturated rings. The van der Waals surface area contributed by atoms with Crippen molar-refractivity contribution in [3.8, 4) is 11.5 Å². The normalized spacial score (nSPS) is 14.5. The van der Waals surface area contributed by atoms with Crippen molar-refractivity contribution >= 4 is 33.5 Å². The van der Waals surface area contributed by atoms with Crippen LogP contribution in [0.15, 0.2) is 82.7 Å². The van der Waals surface area contributed by atoms with E-state index in [0.29, 0.717) is 35.3 Å². The molecule has 0 bridgehead atoms. The Balaban J connectivity index is 1.48. The van der Waals surface area contributed by atoms with Crippen molar-refractivity contribution in [1.82, 2.24) is 14.8 Å². The quantitative estimate of drug-likeness (QED) is 0.274. The molecule has 194 valence electrons. The summed E-state index contributed by atoms with van der Waals surface area (Å²) in [7, 11) is 1.60. The number of ether oxygens (including phenoxy) is 2. The molecule has 9 heteroatoms. The second-order valence-corrected chi connectivity index (χ2v) is 10.0. The molecule has 0 aliphatic carbocycles. The van der Waals surface area contributed by atoms with E-state index in [4.69, 9.17) is 9.47 Å². The number of fused-ring (bicyclic) bond motifs is 1. The van der Waals surface area contributed by atoms with E-state index < -0.39 is 6.04 Å². The van der Waals surface area contributed by atoms with Gasteiger partial charge in [0.2, 0.25) is 5.95 Å². The fourth-order valence-electron chi connectivity index (χ4n) is 4.53. The lowest BCUT2D eigenvalue weighted by Gasteiger charge is -2.29. The molecule has 0 saturated carbocycles. The number of amides is 1. The smallest absolute Gasteiger partial charge is 0.255 e. The lowest BCUT2D eigenvalue weighted by Crippen LogP contribution is -2.31. The molecule has 1 aliphatic rings. The van der Waals surface area contributed by atoms with Gasteiger partial charge < -0.3 is 20.1 Å². The number of aryl methyl sites for hydroxylation is 1. The zero-order valence-electron chi connectivity index (χ0n) is 21.6. The van der Waals surface area contributed by atoms with Gasteiger partial charge in [0.05, 0.1) is 12.7 Å². The third-order valence-electron chi connectivity index (χ3n) is 6.68. The molecule has 3 aromatic carbocycles. The van der Waals surface area contributed by atoms with Crippen molar-refractivity contribution in [1.29, 1.82) is 0 Å². The highest BCUT2D eigenvalue weighted by atomic mass is 79.9. The summed E-state index contributed by atoms with van der Waals surface area (Å²) in [5, 5.41) is 10.7. The molecule has 2 heterocycles. The van der Waals surface area contributed by atoms with Crippen LogP contribution in [0.1, 0.15) is 35.2 Å². The monoisotopic (exact) mass is 573 g/mol. The van der Waals surface area contributed by atoms with Crippen LogP contribution in [-0.4, -0.2) is 27.8 Å². The fourth-order valence-corrected chi connectivity index (χ4v) is 4.98. The highest BCUT2D eigenvalue weighted by Crippen LogP contribution is 2.39. The number of anilines is 2. The Kier molecular flexibility index (Phi) is 7.20. The second kappa shape index (κ2) is 10.7. The van der Waals surface area contributed by atoms with Gasteiger partial charge >= 0.3 is 0 Å². The Bertz CT molecular complexity index is 1540. The largest absolute Gasteiger partial charge is 0.493 e. The third kappa shape index (κ3) is 5.02. The van der Waals surface area contributed by atoms with Gasteiger partial charge in [-0.1, -0.05) is 46.3 Å². The van der Waals surface area contributed by atoms with Crippen LogP contribution in [0.4, 0.5) is 11.6 Å². The average Bonchev–Trinajstić information content (AvgIpc) is 3.37. The number of aromatic nitrogens is 3. The summed E-state index contributed by atoms with van der Waals surface area (Å²) < 4.78 is 14.5. The molecule has 1 aliphatic heterocycles. The first-order valence-electron chi connectivity index (χ1n) is 12.2. The van der Waals surface area contributed by atoms with Crippen molar-refractivity contribution in [2.45, 2.75) is 33.4 Å². The van der Waals surface area contributed by atoms with Gasteiger partial charge in [0.1, 0.15) is 19.0 Å². The molecule has 0 saturated heterocycles. The first-order valence-corrected chi connectivity index (χ1v) is 12.9. The Morgan fingerprint density at radius 1 is 1.08 bits per heavy atom. The Labute approximate surface area is 229 Å². The molecule has 5 rings (SSSR count). The van der Waals surface area contributed by atoms with Gasteiger partial charge in [-0.3, -0.25) is 4.79 Å². The molecule has 0 radical (unpaired) electrons. The topological polar surface area (TPSA) is 90.3 Å². The molecule has 1 unspecified atom stereocenters. The first kappa shape index (κ1) is 25.5. The summed E-state index contributed by atoms with van der Waals surface area (Å²) in [6, 6.07) is 19.0. The summed E-state index contributed by atoms with van der Waals surface area (Å²) in [5.74, 6) is 1.50. The van der Waals surface area contributed by atoms with Gasteiger partial charge in [0.15, 0.2) is 11.5 Å². The molecule has 1 aromatic heterocycles. The van der Waals surface area contributed by atoms with Crippen molar-refractivity contribution in [2.24, 2.45) is 0 Å². The van der Waals surface area contributed by atoms with Crippen LogP contribution >= 0.6 is 15.9 Å². The van der Waals surface area contributed by atoms with Crippen LogP contribution in [0.25, 0.3) is 0 Å². The van der Waals surface area contributed by atoms with Crippen LogP contribution in [0.5, 0.6) is 11.5 Å². The van der Waals surface area contributed by atoms with Gasteiger partial charge in [0.25, 0.3) is 5.91 Å². The lowest BCUT2D eigenvalue weighted by molar-refractivity contribution is -0.113. The van der Waals surface area contributed by atoms with Crippen molar-refractivity contribution in [2.75, 3.05) is 17.7 Å². The predicted octanol–water partition coefficient (Wildman–Crippen LogP) is 6.17. The maximum absolute atomic E-state index is 13.7. The summed E-state index contributed by atoms with van der Waals surface area (Å²) in [4.78, 5) is 18.1. The van der Waals surface area contributed by atoms with E-state index in [2.05, 4.69) is 36.6 Å². The van der Waals surface area contributed by atoms with Crippen molar-refractivity contribution in [3.05, 3.63) is 105 Å². The van der Waals surface area contributed by atoms with E-state index in [1.54, 1.807) is 11.8 Å². The number of carbonyl (C=O) groups is 1. The van der Waals surface area contributed by atoms with E-state index in [1.165, 1.54) is 6.33 Å². The minimum atomic E-state index is -0.521. The Morgan fingerprint density at radius 2 is 1.89 bits per heavy atom. The molecular weight excluding hydrogens is 546 g/mol. The molecule has 8 nitrogen and oxygen atoms in total. The molecule has 0 spiro atoms. The molecular formula is C29H28BrN5O3. The molecule has 1 amide bonds. The number of allylic oxidation sites excluding steroid dienone is 1. The Hall–Kier alpha value is -4.11. The van der Waals surface area contributed by atoms with E-state index in [-0.39, 0.29) is 5.91 Å². The van der Waals surface area contributed by atoms with Crippen molar-refractivity contribution < 1.29 is 14.3 Å². The van der Waals surface area contributed by atoms with Crippen LogP contribution in [0.3, 0.4) is 0 Å². The summed E-state index contributed by atoms with van der Waals surface area (Å²) in [6.45, 7) is 6.28. The number of methoxy groups -OCH3 is 1. The minimum absolute atomic E-state index is 0.219. The summed E-state index contributed by atoms with van der Waals surface area (Å²) in [5.41, 5.74) is 5.98. The number of hydrogen-bond donors (Lipinski definition) is 2. The third-order valence-corrected chi connectivity index (χ3v) is 7.17. The highest BCUT2D eigenvalue weighted by Gasteiger charge is 2.34. The minimum Gasteiger partial charge on any atom is -0.493 e. The van der Waals surface area contributed by atoms with E-state index in [0.717, 1.165) is 32.4 Å². The van der Waals surface area contributed by atoms with Crippen LogP contribution in [-0.2, 0) is 11.4 Å². The molecule has 1 atom stereocenters. The predicted molar refractivity (Wildman–Crippen MR) is 150 cm³/mol. The fraction of sp³-hybridized carbons (Fsp3) is 0.207. The zero-order valence-corrected chi connectivity index (χ0v) is 23.2. The van der Waals surface area contributed by atoms with Crippen LogP contribution in [0.2, 0.25) is 0 Å². The number of hydrogen-bond acceptors (Lipinski definition) is 6. The highest BCUT2D eigenvalue weighted by molar-refractivity contribution is 9.10. The zero-order chi connectivity index (χ0) is 26.8. The van der Waals surface area contributed by atoms with Crippen molar-refractivity contribution in [3.63, 3.8) is 0 Å². The van der Waals surface area contributed by atoms with Gasteiger partial charge in [-0.25, -0.2) is 4.68 Å². The maximum atomic E-state index is 13.7. The van der Waals surface area contributed by atoms with E-state index in [9.17, 15) is 4.79 Å². The number of nitrogens with zero attached hydrogens (tertiary/aromatic N) is 3. The van der Waals surface area contributed by atoms with Gasteiger partial charge in [-0.15, -0.1) is 0 Å². The standard InChI is InChI=1S/C29H28BrN5O3/c1-17-7-5-10-23(18(17)2)34-28(36)26-19(3)33-29-31-16-32-35(29)27(26)21-11-12-24(25(14-21)37-4)38-15-20-8-6-9-22(30)13-20/h5-14,16,27H,15H2,1-4H3,(H,34,36)(H,31,32,33).